The van der Waals surface area contributed by atoms with Crippen molar-refractivity contribution in [2.45, 2.75) is 78.1 Å². The van der Waals surface area contributed by atoms with E-state index in [1.807, 2.05) is 60.9 Å². The quantitative estimate of drug-likeness (QED) is 0.154. The Hall–Kier alpha value is -6.44. The lowest BCUT2D eigenvalue weighted by Gasteiger charge is -2.31. The van der Waals surface area contributed by atoms with E-state index >= 15 is 0 Å². The van der Waals surface area contributed by atoms with Crippen molar-refractivity contribution < 1.29 is 13.5 Å². The molecule has 8 aromatic rings. The van der Waals surface area contributed by atoms with Crippen LogP contribution in [0.3, 0.4) is 0 Å². The number of halogens is 3. The highest BCUT2D eigenvalue weighted by atomic mass is 79.9. The molecule has 0 spiro atoms. The summed E-state index contributed by atoms with van der Waals surface area (Å²) in [5.41, 5.74) is 13.9. The zero-order valence-corrected chi connectivity index (χ0v) is 41.9. The van der Waals surface area contributed by atoms with E-state index in [-0.39, 0.29) is 34.3 Å². The Morgan fingerprint density at radius 3 is 1.54 bits per heavy atom. The predicted octanol–water partition coefficient (Wildman–Crippen LogP) is 13.4. The third-order valence-electron chi connectivity index (χ3n) is 13.5. The van der Waals surface area contributed by atoms with Crippen LogP contribution in [0.2, 0.25) is 0 Å². The lowest BCUT2D eigenvalue weighted by molar-refractivity contribution is 0.122. The van der Waals surface area contributed by atoms with Crippen molar-refractivity contribution >= 4 is 66.2 Å². The molecule has 352 valence electrons. The molecule has 1 saturated heterocycles. The molecule has 0 radical (unpaired) electrons. The highest BCUT2D eigenvalue weighted by molar-refractivity contribution is 9.10. The van der Waals surface area contributed by atoms with Crippen molar-refractivity contribution in [3.63, 3.8) is 0 Å². The molecule has 6 aromatic heterocycles. The molecule has 3 aliphatic heterocycles. The molecule has 0 aliphatic carbocycles. The normalized spacial score (nSPS) is 16.0. The van der Waals surface area contributed by atoms with E-state index < -0.39 is 0 Å². The number of anilines is 5. The number of fused-ring (bicyclic) bond motifs is 4. The van der Waals surface area contributed by atoms with Crippen molar-refractivity contribution in [3.8, 4) is 22.8 Å². The molecule has 1 fully saturated rings. The van der Waals surface area contributed by atoms with E-state index in [1.165, 1.54) is 24.3 Å². The van der Waals surface area contributed by atoms with Crippen LogP contribution in [-0.4, -0.2) is 69.3 Å². The molecule has 0 N–H and O–H groups in total. The van der Waals surface area contributed by atoms with Crippen LogP contribution in [0.1, 0.15) is 89.7 Å². The maximum atomic E-state index is 14.5. The summed E-state index contributed by atoms with van der Waals surface area (Å²) in [6, 6.07) is 25.8. The van der Waals surface area contributed by atoms with E-state index in [0.717, 1.165) is 128 Å². The Morgan fingerprint density at radius 1 is 0.594 bits per heavy atom. The summed E-state index contributed by atoms with van der Waals surface area (Å²) in [6.45, 7) is 22.3. The second kappa shape index (κ2) is 18.1. The van der Waals surface area contributed by atoms with Crippen molar-refractivity contribution in [3.05, 3.63) is 148 Å². The summed E-state index contributed by atoms with van der Waals surface area (Å²) >= 11 is 3.60. The molecule has 0 bridgehead atoms. The number of hydrogen-bond donors (Lipinski definition) is 0. The largest absolute Gasteiger partial charge is 0.378 e. The van der Waals surface area contributed by atoms with E-state index in [1.54, 1.807) is 12.4 Å². The smallest absolute Gasteiger partial charge is 0.125 e. The topological polar surface area (TPSA) is 96.3 Å². The predicted molar refractivity (Wildman–Crippen MR) is 277 cm³/mol. The van der Waals surface area contributed by atoms with Gasteiger partial charge in [-0.15, -0.1) is 0 Å². The van der Waals surface area contributed by atoms with Gasteiger partial charge in [-0.2, -0.15) is 0 Å². The fourth-order valence-electron chi connectivity index (χ4n) is 10.4. The van der Waals surface area contributed by atoms with Gasteiger partial charge in [0.05, 0.1) is 93.0 Å². The molecule has 3 aliphatic rings. The van der Waals surface area contributed by atoms with Crippen LogP contribution in [0.25, 0.3) is 44.6 Å². The number of benzene rings is 2. The SMILES string of the molecule is CC(C)c1c(-c2ccccn2)nc2cc(F)ccc2c1N1CC(C)(C)c2ncc(Br)cc21.CC(C)c1c(-c2ccccn2)nc2cc(F)ccc2c1N1CC(C)(C)c2ncc(N3CCOCC3)cc21. The van der Waals surface area contributed by atoms with Crippen LogP contribution in [0.15, 0.2) is 114 Å². The van der Waals surface area contributed by atoms with Crippen molar-refractivity contribution in [2.24, 2.45) is 0 Å². The van der Waals surface area contributed by atoms with Gasteiger partial charge < -0.3 is 19.4 Å². The molecule has 2 aromatic carbocycles. The summed E-state index contributed by atoms with van der Waals surface area (Å²) < 4.78 is 35.2. The summed E-state index contributed by atoms with van der Waals surface area (Å²) in [7, 11) is 0. The fraction of sp³-hybridized carbons (Fsp3) is 0.321. The molecule has 9 heterocycles. The van der Waals surface area contributed by atoms with Crippen molar-refractivity contribution in [1.29, 1.82) is 0 Å². The average Bonchev–Trinajstić information content (AvgIpc) is 3.77. The van der Waals surface area contributed by atoms with Gasteiger partial charge in [0.2, 0.25) is 0 Å². The Balaban J connectivity index is 0.000000162. The highest BCUT2D eigenvalue weighted by Gasteiger charge is 2.41. The van der Waals surface area contributed by atoms with Crippen LogP contribution >= 0.6 is 15.9 Å². The Labute approximate surface area is 411 Å². The number of hydrogen-bond acceptors (Lipinski definition) is 10. The van der Waals surface area contributed by atoms with Crippen molar-refractivity contribution in [1.82, 2.24) is 29.9 Å². The third kappa shape index (κ3) is 8.58. The molecule has 11 rings (SSSR count). The Morgan fingerprint density at radius 2 is 1.07 bits per heavy atom. The van der Waals surface area contributed by atoms with Crippen LogP contribution in [0, 0.1) is 11.6 Å². The number of rotatable bonds is 7. The number of ether oxygens (including phenoxy) is 1. The summed E-state index contributed by atoms with van der Waals surface area (Å²) in [6.07, 6.45) is 7.40. The van der Waals surface area contributed by atoms with E-state index in [2.05, 4.69) is 108 Å². The molecule has 0 atom stereocenters. The lowest BCUT2D eigenvalue weighted by Crippen LogP contribution is -2.36. The van der Waals surface area contributed by atoms with Gasteiger partial charge in [0.1, 0.15) is 11.6 Å². The number of nitrogens with zero attached hydrogens (tertiary/aromatic N) is 9. The van der Waals surface area contributed by atoms with Gasteiger partial charge >= 0.3 is 0 Å². The zero-order valence-electron chi connectivity index (χ0n) is 40.4. The fourth-order valence-corrected chi connectivity index (χ4v) is 10.7. The molecule has 0 amide bonds. The number of aromatic nitrogens is 6. The minimum Gasteiger partial charge on any atom is -0.378 e. The van der Waals surface area contributed by atoms with Gasteiger partial charge in [0, 0.05) is 94.1 Å². The van der Waals surface area contributed by atoms with E-state index in [0.29, 0.717) is 11.0 Å². The van der Waals surface area contributed by atoms with Gasteiger partial charge in [-0.3, -0.25) is 19.9 Å². The van der Waals surface area contributed by atoms with Crippen LogP contribution in [-0.2, 0) is 15.6 Å². The van der Waals surface area contributed by atoms with Gasteiger partial charge in [-0.05, 0) is 88.4 Å². The minimum atomic E-state index is -0.299. The molecule has 69 heavy (non-hydrogen) atoms. The maximum absolute atomic E-state index is 14.5. The molecule has 0 saturated carbocycles. The van der Waals surface area contributed by atoms with E-state index in [9.17, 15) is 8.78 Å². The summed E-state index contributed by atoms with van der Waals surface area (Å²) in [4.78, 5) is 35.9. The zero-order chi connectivity index (χ0) is 48.4. The first-order valence-corrected chi connectivity index (χ1v) is 24.5. The standard InChI is InChI=1S/C30H32FN5O.C26H24BrFN4/c1-19(2)26-27(23-7-5-6-10-32-23)34-24-15-20(31)8-9-22(24)28(26)36-18-30(3,4)29-25(36)16-21(17-33-29)35-11-13-37-14-12-35;1-15(2)22-23(19-7-5-6-10-29-19)31-20-12-17(28)8-9-18(20)24(22)32-14-26(3,4)25-21(32)11-16(27)13-30-25/h5-10,15-17,19H,11-14,18H2,1-4H3;5-13,15H,14H2,1-4H3. The number of pyridine rings is 6. The van der Waals surface area contributed by atoms with Crippen LogP contribution < -0.4 is 14.7 Å². The highest BCUT2D eigenvalue weighted by Crippen LogP contribution is 2.52. The molecule has 13 heteroatoms. The van der Waals surface area contributed by atoms with Crippen molar-refractivity contribution in [2.75, 3.05) is 54.1 Å². The van der Waals surface area contributed by atoms with Gasteiger partial charge in [0.25, 0.3) is 0 Å². The second-order valence-electron chi connectivity index (χ2n) is 20.1. The third-order valence-corrected chi connectivity index (χ3v) is 13.9. The molecule has 10 nitrogen and oxygen atoms in total. The Bertz CT molecular complexity index is 3230. The molecular weight excluding hydrogens is 933 g/mol. The first kappa shape index (κ1) is 46.3. The van der Waals surface area contributed by atoms with Crippen LogP contribution in [0.5, 0.6) is 0 Å². The van der Waals surface area contributed by atoms with Gasteiger partial charge in [0.15, 0.2) is 0 Å². The second-order valence-corrected chi connectivity index (χ2v) is 21.0. The monoisotopic (exact) mass is 987 g/mol. The maximum Gasteiger partial charge on any atom is 0.125 e. The first-order valence-electron chi connectivity index (χ1n) is 23.7. The minimum absolute atomic E-state index is 0.134. The molecule has 0 unspecified atom stereocenters. The number of morpholine rings is 1. The van der Waals surface area contributed by atoms with Gasteiger partial charge in [-0.1, -0.05) is 67.5 Å². The lowest BCUT2D eigenvalue weighted by atomic mass is 9.91. The Kier molecular flexibility index (Phi) is 12.2. The van der Waals surface area contributed by atoms with Gasteiger partial charge in [-0.25, -0.2) is 18.7 Å². The summed E-state index contributed by atoms with van der Waals surface area (Å²) in [5, 5.41) is 1.86. The average molecular weight is 989 g/mol. The molecular formula is C56H56BrF2N9O. The van der Waals surface area contributed by atoms with E-state index in [4.69, 9.17) is 24.7 Å². The summed E-state index contributed by atoms with van der Waals surface area (Å²) in [5.74, 6) is -0.256. The first-order chi connectivity index (χ1) is 33.1. The van der Waals surface area contributed by atoms with Crippen LogP contribution in [0.4, 0.5) is 37.2 Å².